The van der Waals surface area contributed by atoms with Crippen LogP contribution in [0, 0.1) is 0 Å². The number of rotatable bonds is 5. The summed E-state index contributed by atoms with van der Waals surface area (Å²) >= 11 is 0. The monoisotopic (exact) mass is 206 g/mol. The normalized spacial score (nSPS) is 10.8. The Labute approximate surface area is 91.2 Å². The molecule has 0 saturated carbocycles. The summed E-state index contributed by atoms with van der Waals surface area (Å²) in [6.45, 7) is 4.48. The Morgan fingerprint density at radius 1 is 1.40 bits per heavy atom. The molecular weight excluding hydrogens is 188 g/mol. The topological polar surface area (TPSA) is 29.5 Å². The van der Waals surface area contributed by atoms with Gasteiger partial charge in [0, 0.05) is 0 Å². The summed E-state index contributed by atoms with van der Waals surface area (Å²) in [7, 11) is 0. The van der Waals surface area contributed by atoms with Crippen LogP contribution in [0.5, 0.6) is 11.5 Å². The molecule has 0 atom stereocenters. The lowest BCUT2D eigenvalue weighted by atomic mass is 10.1. The summed E-state index contributed by atoms with van der Waals surface area (Å²) < 4.78 is 5.32. The Morgan fingerprint density at radius 2 is 2.20 bits per heavy atom. The zero-order valence-electron chi connectivity index (χ0n) is 9.36. The van der Waals surface area contributed by atoms with E-state index in [1.807, 2.05) is 32.1 Å². The van der Waals surface area contributed by atoms with E-state index in [1.165, 1.54) is 0 Å². The summed E-state index contributed by atoms with van der Waals surface area (Å²) in [5.74, 6) is 0.860. The first-order chi connectivity index (χ1) is 7.29. The molecule has 0 aliphatic rings. The fourth-order valence-corrected chi connectivity index (χ4v) is 1.45. The van der Waals surface area contributed by atoms with Crippen LogP contribution in [0.1, 0.15) is 25.8 Å². The number of hydrogen-bond acceptors (Lipinski definition) is 2. The minimum Gasteiger partial charge on any atom is -0.504 e. The van der Waals surface area contributed by atoms with Crippen LogP contribution in [0.4, 0.5) is 0 Å². The lowest BCUT2D eigenvalue weighted by molar-refractivity contribution is 0.316. The maximum absolute atomic E-state index is 9.87. The van der Waals surface area contributed by atoms with Gasteiger partial charge in [-0.25, -0.2) is 0 Å². The van der Waals surface area contributed by atoms with Gasteiger partial charge in [-0.3, -0.25) is 0 Å². The number of ether oxygens (including phenoxy) is 1. The van der Waals surface area contributed by atoms with Crippen molar-refractivity contribution < 1.29 is 9.84 Å². The van der Waals surface area contributed by atoms with Crippen molar-refractivity contribution in [3.05, 3.63) is 35.9 Å². The number of phenols is 1. The minimum atomic E-state index is 0.281. The number of hydrogen-bond donors (Lipinski definition) is 1. The van der Waals surface area contributed by atoms with Crippen molar-refractivity contribution in [3.63, 3.8) is 0 Å². The third kappa shape index (κ3) is 3.31. The first-order valence-electron chi connectivity index (χ1n) is 5.34. The van der Waals surface area contributed by atoms with Gasteiger partial charge < -0.3 is 9.84 Å². The predicted octanol–water partition coefficient (Wildman–Crippen LogP) is 3.30. The number of benzene rings is 1. The molecule has 1 rings (SSSR count). The maximum Gasteiger partial charge on any atom is 0.161 e. The van der Waals surface area contributed by atoms with E-state index in [1.54, 1.807) is 6.07 Å². The van der Waals surface area contributed by atoms with Crippen molar-refractivity contribution in [2.24, 2.45) is 0 Å². The molecule has 82 valence electrons. The van der Waals surface area contributed by atoms with E-state index in [-0.39, 0.29) is 5.75 Å². The zero-order chi connectivity index (χ0) is 11.1. The van der Waals surface area contributed by atoms with Crippen molar-refractivity contribution in [3.8, 4) is 11.5 Å². The van der Waals surface area contributed by atoms with Crippen molar-refractivity contribution in [1.29, 1.82) is 0 Å². The van der Waals surface area contributed by atoms with E-state index in [0.717, 1.165) is 18.4 Å². The summed E-state index contributed by atoms with van der Waals surface area (Å²) in [6, 6.07) is 5.63. The van der Waals surface area contributed by atoms with Crippen molar-refractivity contribution >= 4 is 0 Å². The van der Waals surface area contributed by atoms with Gasteiger partial charge in [0.1, 0.15) is 0 Å². The number of aryl methyl sites for hydroxylation is 1. The zero-order valence-corrected chi connectivity index (χ0v) is 9.36. The third-order valence-corrected chi connectivity index (χ3v) is 2.20. The molecule has 0 aromatic heterocycles. The maximum atomic E-state index is 9.87. The number of phenolic OH excluding ortho intramolecular Hbond substituents is 1. The molecule has 2 heteroatoms. The Kier molecular flexibility index (Phi) is 4.75. The molecule has 0 aliphatic heterocycles. The second kappa shape index (κ2) is 6.12. The van der Waals surface area contributed by atoms with Crippen LogP contribution in [-0.2, 0) is 6.42 Å². The Morgan fingerprint density at radius 3 is 2.87 bits per heavy atom. The fourth-order valence-electron chi connectivity index (χ4n) is 1.45. The van der Waals surface area contributed by atoms with Crippen molar-refractivity contribution in [2.45, 2.75) is 26.7 Å². The van der Waals surface area contributed by atoms with Gasteiger partial charge in [-0.05, 0) is 38.3 Å². The van der Waals surface area contributed by atoms with Crippen LogP contribution in [0.3, 0.4) is 0 Å². The molecule has 1 N–H and O–H groups in total. The smallest absolute Gasteiger partial charge is 0.161 e. The SMILES string of the molecule is C/C=C\CCc1cccc(OCC)c1O. The summed E-state index contributed by atoms with van der Waals surface area (Å²) in [5.41, 5.74) is 0.944. The average molecular weight is 206 g/mol. The number of aromatic hydroxyl groups is 1. The van der Waals surface area contributed by atoms with Gasteiger partial charge in [0.25, 0.3) is 0 Å². The third-order valence-electron chi connectivity index (χ3n) is 2.20. The van der Waals surface area contributed by atoms with Gasteiger partial charge in [0.05, 0.1) is 6.61 Å². The molecule has 0 heterocycles. The van der Waals surface area contributed by atoms with Crippen molar-refractivity contribution in [1.82, 2.24) is 0 Å². The molecule has 0 unspecified atom stereocenters. The summed E-state index contributed by atoms with van der Waals surface area (Å²) in [6.07, 6.45) is 5.90. The molecule has 0 spiro atoms. The van der Waals surface area contributed by atoms with Gasteiger partial charge in [-0.15, -0.1) is 0 Å². The molecule has 1 aromatic rings. The molecule has 0 radical (unpaired) electrons. The van der Waals surface area contributed by atoms with E-state index in [2.05, 4.69) is 6.08 Å². The molecule has 0 saturated heterocycles. The second-order valence-corrected chi connectivity index (χ2v) is 3.30. The molecule has 1 aromatic carbocycles. The lowest BCUT2D eigenvalue weighted by Gasteiger charge is -2.09. The van der Waals surface area contributed by atoms with Crippen LogP contribution < -0.4 is 4.74 Å². The van der Waals surface area contributed by atoms with E-state index < -0.39 is 0 Å². The quantitative estimate of drug-likeness (QED) is 0.749. The van der Waals surface area contributed by atoms with Crippen molar-refractivity contribution in [2.75, 3.05) is 6.61 Å². The van der Waals surface area contributed by atoms with Gasteiger partial charge >= 0.3 is 0 Å². The molecule has 0 amide bonds. The van der Waals surface area contributed by atoms with E-state index in [9.17, 15) is 5.11 Å². The van der Waals surface area contributed by atoms with Gasteiger partial charge in [0.2, 0.25) is 0 Å². The van der Waals surface area contributed by atoms with Crippen LogP contribution >= 0.6 is 0 Å². The standard InChI is InChI=1S/C13H18O2/c1-3-5-6-8-11-9-7-10-12(13(11)14)15-4-2/h3,5,7,9-10,14H,4,6,8H2,1-2H3/b5-3-. The highest BCUT2D eigenvalue weighted by Gasteiger charge is 2.06. The average Bonchev–Trinajstić information content (AvgIpc) is 2.24. The highest BCUT2D eigenvalue weighted by atomic mass is 16.5. The Bertz CT molecular complexity index is 329. The summed E-state index contributed by atoms with van der Waals surface area (Å²) in [4.78, 5) is 0. The van der Waals surface area contributed by atoms with Crippen LogP contribution in [0.15, 0.2) is 30.4 Å². The highest BCUT2D eigenvalue weighted by molar-refractivity contribution is 5.45. The van der Waals surface area contributed by atoms with E-state index in [4.69, 9.17) is 4.74 Å². The summed E-state index contributed by atoms with van der Waals surface area (Å²) in [5, 5.41) is 9.87. The number of allylic oxidation sites excluding steroid dienone is 2. The number of para-hydroxylation sites is 1. The molecule has 0 aliphatic carbocycles. The second-order valence-electron chi connectivity index (χ2n) is 3.30. The van der Waals surface area contributed by atoms with Gasteiger partial charge in [0.15, 0.2) is 11.5 Å². The molecule has 2 nitrogen and oxygen atoms in total. The van der Waals surface area contributed by atoms with Crippen LogP contribution in [0.2, 0.25) is 0 Å². The van der Waals surface area contributed by atoms with E-state index >= 15 is 0 Å². The molecule has 0 bridgehead atoms. The van der Waals surface area contributed by atoms with Crippen LogP contribution in [0.25, 0.3) is 0 Å². The lowest BCUT2D eigenvalue weighted by Crippen LogP contribution is -1.94. The molecular formula is C13H18O2. The van der Waals surface area contributed by atoms with Crippen LogP contribution in [-0.4, -0.2) is 11.7 Å². The first-order valence-corrected chi connectivity index (χ1v) is 5.34. The van der Waals surface area contributed by atoms with E-state index in [0.29, 0.717) is 12.4 Å². The largest absolute Gasteiger partial charge is 0.504 e. The molecule has 0 fully saturated rings. The van der Waals surface area contributed by atoms with Gasteiger partial charge in [-0.2, -0.15) is 0 Å². The van der Waals surface area contributed by atoms with Gasteiger partial charge in [-0.1, -0.05) is 24.3 Å². The highest BCUT2D eigenvalue weighted by Crippen LogP contribution is 2.30. The Balaban J connectivity index is 2.74. The fraction of sp³-hybridized carbons (Fsp3) is 0.385. The Hall–Kier alpha value is -1.44. The molecule has 15 heavy (non-hydrogen) atoms. The minimum absolute atomic E-state index is 0.281. The first kappa shape index (κ1) is 11.6. The predicted molar refractivity (Wildman–Crippen MR) is 62.4 cm³/mol.